The highest BCUT2D eigenvalue weighted by Gasteiger charge is 2.19. The second-order valence-corrected chi connectivity index (χ2v) is 5.53. The third-order valence-electron chi connectivity index (χ3n) is 2.55. The lowest BCUT2D eigenvalue weighted by Crippen LogP contribution is -2.07. The van der Waals surface area contributed by atoms with E-state index in [1.807, 2.05) is 13.8 Å². The van der Waals surface area contributed by atoms with E-state index in [2.05, 4.69) is 4.98 Å². The van der Waals surface area contributed by atoms with E-state index >= 15 is 0 Å². The first-order chi connectivity index (χ1) is 8.40. The maximum absolute atomic E-state index is 11.8. The predicted molar refractivity (Wildman–Crippen MR) is 68.4 cm³/mol. The van der Waals surface area contributed by atoms with Crippen LogP contribution in [0.2, 0.25) is 0 Å². The molecule has 0 spiro atoms. The van der Waals surface area contributed by atoms with Gasteiger partial charge in [-0.25, -0.2) is 14.6 Å². The van der Waals surface area contributed by atoms with Gasteiger partial charge in [-0.2, -0.15) is 0 Å². The molecular weight excluding hydrogens is 254 g/mol. The maximum atomic E-state index is 11.8. The number of carboxylic acid groups (broad SMARTS) is 1. The Bertz CT molecular complexity index is 669. The highest BCUT2D eigenvalue weighted by atomic mass is 32.1. The second-order valence-electron chi connectivity index (χ2n) is 4.53. The van der Waals surface area contributed by atoms with Gasteiger partial charge in [0.2, 0.25) is 0 Å². The zero-order chi connectivity index (χ0) is 13.4. The van der Waals surface area contributed by atoms with Gasteiger partial charge in [-0.3, -0.25) is 0 Å². The van der Waals surface area contributed by atoms with Crippen molar-refractivity contribution in [2.75, 3.05) is 0 Å². The van der Waals surface area contributed by atoms with Gasteiger partial charge in [-0.1, -0.05) is 13.8 Å². The van der Waals surface area contributed by atoms with Crippen molar-refractivity contribution < 1.29 is 14.3 Å². The molecular formula is C12H13NO4S. The number of hydrogen-bond acceptors (Lipinski definition) is 5. The Morgan fingerprint density at radius 3 is 2.72 bits per heavy atom. The minimum atomic E-state index is -1.04. The van der Waals surface area contributed by atoms with Crippen LogP contribution in [0.5, 0.6) is 0 Å². The third kappa shape index (κ3) is 2.15. The standard InChI is InChI=1S/C12H13NO4S/c1-5(2)4-7-13-10-8(12(16)17-7)6(3)9(18-10)11(14)15/h5H,4H2,1-3H3,(H,14,15). The van der Waals surface area contributed by atoms with Crippen LogP contribution in [-0.4, -0.2) is 16.1 Å². The topological polar surface area (TPSA) is 80.4 Å². The summed E-state index contributed by atoms with van der Waals surface area (Å²) in [6.45, 7) is 5.59. The maximum Gasteiger partial charge on any atom is 0.348 e. The van der Waals surface area contributed by atoms with Crippen molar-refractivity contribution in [3.05, 3.63) is 26.8 Å². The number of rotatable bonds is 3. The molecule has 0 saturated heterocycles. The monoisotopic (exact) mass is 267 g/mol. The van der Waals surface area contributed by atoms with Crippen molar-refractivity contribution in [2.45, 2.75) is 27.2 Å². The number of aryl methyl sites for hydroxylation is 1. The van der Waals surface area contributed by atoms with E-state index in [-0.39, 0.29) is 10.3 Å². The summed E-state index contributed by atoms with van der Waals surface area (Å²) < 4.78 is 5.12. The Morgan fingerprint density at radius 1 is 1.50 bits per heavy atom. The molecule has 2 rings (SSSR count). The second kappa shape index (κ2) is 4.53. The lowest BCUT2D eigenvalue weighted by molar-refractivity contribution is 0.0701. The van der Waals surface area contributed by atoms with Gasteiger partial charge in [-0.15, -0.1) is 11.3 Å². The van der Waals surface area contributed by atoms with Crippen molar-refractivity contribution in [2.24, 2.45) is 5.92 Å². The average Bonchev–Trinajstić information content (AvgIpc) is 2.55. The van der Waals surface area contributed by atoms with E-state index in [1.165, 1.54) is 0 Å². The summed E-state index contributed by atoms with van der Waals surface area (Å²) in [6.07, 6.45) is 0.560. The normalized spacial score (nSPS) is 11.3. The van der Waals surface area contributed by atoms with Gasteiger partial charge in [-0.05, 0) is 18.4 Å². The number of hydrogen-bond donors (Lipinski definition) is 1. The minimum absolute atomic E-state index is 0.145. The molecule has 0 amide bonds. The molecule has 0 atom stereocenters. The van der Waals surface area contributed by atoms with Crippen molar-refractivity contribution in [3.63, 3.8) is 0 Å². The molecule has 0 aliphatic rings. The van der Waals surface area contributed by atoms with Gasteiger partial charge in [0.15, 0.2) is 5.89 Å². The van der Waals surface area contributed by atoms with Crippen molar-refractivity contribution in [1.29, 1.82) is 0 Å². The van der Waals surface area contributed by atoms with Crippen LogP contribution in [0.3, 0.4) is 0 Å². The van der Waals surface area contributed by atoms with Crippen LogP contribution in [0.4, 0.5) is 0 Å². The summed E-state index contributed by atoms with van der Waals surface area (Å²) in [7, 11) is 0. The van der Waals surface area contributed by atoms with E-state index in [4.69, 9.17) is 9.52 Å². The smallest absolute Gasteiger partial charge is 0.348 e. The fourth-order valence-corrected chi connectivity index (χ4v) is 2.77. The first-order valence-electron chi connectivity index (χ1n) is 5.56. The summed E-state index contributed by atoms with van der Waals surface area (Å²) in [5.74, 6) is -0.362. The molecule has 2 aromatic rings. The van der Waals surface area contributed by atoms with Gasteiger partial charge in [0, 0.05) is 6.42 Å². The predicted octanol–water partition coefficient (Wildman–Crippen LogP) is 2.45. The molecule has 18 heavy (non-hydrogen) atoms. The highest BCUT2D eigenvalue weighted by Crippen LogP contribution is 2.27. The van der Waals surface area contributed by atoms with Crippen molar-refractivity contribution >= 4 is 27.5 Å². The van der Waals surface area contributed by atoms with Gasteiger partial charge in [0.1, 0.15) is 15.1 Å². The molecule has 1 N–H and O–H groups in total. The van der Waals surface area contributed by atoms with Crippen LogP contribution in [-0.2, 0) is 6.42 Å². The summed E-state index contributed by atoms with van der Waals surface area (Å²) in [5.41, 5.74) is -0.0725. The lowest BCUT2D eigenvalue weighted by Gasteiger charge is -2.01. The largest absolute Gasteiger partial charge is 0.477 e. The van der Waals surface area contributed by atoms with E-state index in [9.17, 15) is 9.59 Å². The Hall–Kier alpha value is -1.69. The Balaban J connectivity index is 2.67. The number of nitrogens with zero attached hydrogens (tertiary/aromatic N) is 1. The number of carboxylic acids is 1. The average molecular weight is 267 g/mol. The zero-order valence-corrected chi connectivity index (χ0v) is 11.1. The Labute approximate surface area is 107 Å². The highest BCUT2D eigenvalue weighted by molar-refractivity contribution is 7.20. The van der Waals surface area contributed by atoms with Gasteiger partial charge in [0.05, 0.1) is 0 Å². The van der Waals surface area contributed by atoms with Crippen molar-refractivity contribution in [3.8, 4) is 0 Å². The SMILES string of the molecule is Cc1c(C(=O)O)sc2nc(CC(C)C)oc(=O)c12. The van der Waals surface area contributed by atoms with Crippen LogP contribution in [0.1, 0.15) is 35.0 Å². The molecule has 6 heteroatoms. The molecule has 0 bridgehead atoms. The summed E-state index contributed by atoms with van der Waals surface area (Å²) >= 11 is 1.02. The van der Waals surface area contributed by atoms with Crippen LogP contribution in [0.25, 0.3) is 10.2 Å². The van der Waals surface area contributed by atoms with Crippen LogP contribution < -0.4 is 5.63 Å². The zero-order valence-electron chi connectivity index (χ0n) is 10.3. The third-order valence-corrected chi connectivity index (χ3v) is 3.72. The molecule has 96 valence electrons. The number of aromatic nitrogens is 1. The molecule has 0 aromatic carbocycles. The van der Waals surface area contributed by atoms with E-state index < -0.39 is 11.6 Å². The number of thiophene rings is 1. The van der Waals surface area contributed by atoms with Crippen LogP contribution in [0, 0.1) is 12.8 Å². The van der Waals surface area contributed by atoms with E-state index in [0.717, 1.165) is 11.3 Å². The number of aromatic carboxylic acids is 1. The minimum Gasteiger partial charge on any atom is -0.477 e. The van der Waals surface area contributed by atoms with Crippen LogP contribution >= 0.6 is 11.3 Å². The first kappa shape index (κ1) is 12.8. The summed E-state index contributed by atoms with van der Waals surface area (Å²) in [5, 5.41) is 9.30. The summed E-state index contributed by atoms with van der Waals surface area (Å²) in [6, 6.07) is 0. The Morgan fingerprint density at radius 2 is 2.17 bits per heavy atom. The molecule has 5 nitrogen and oxygen atoms in total. The number of carbonyl (C=O) groups is 1. The van der Waals surface area contributed by atoms with E-state index in [0.29, 0.717) is 28.6 Å². The molecule has 0 unspecified atom stereocenters. The quantitative estimate of drug-likeness (QED) is 0.923. The van der Waals surface area contributed by atoms with Gasteiger partial charge in [0.25, 0.3) is 0 Å². The molecule has 0 saturated carbocycles. The van der Waals surface area contributed by atoms with Gasteiger partial charge >= 0.3 is 11.6 Å². The molecule has 2 aromatic heterocycles. The van der Waals surface area contributed by atoms with Gasteiger partial charge < -0.3 is 9.52 Å². The molecule has 0 fully saturated rings. The molecule has 2 heterocycles. The van der Waals surface area contributed by atoms with E-state index in [1.54, 1.807) is 6.92 Å². The Kier molecular flexibility index (Phi) is 3.21. The van der Waals surface area contributed by atoms with Crippen molar-refractivity contribution in [1.82, 2.24) is 4.98 Å². The number of fused-ring (bicyclic) bond motifs is 1. The first-order valence-corrected chi connectivity index (χ1v) is 6.38. The molecule has 0 aliphatic heterocycles. The fourth-order valence-electron chi connectivity index (χ4n) is 1.75. The lowest BCUT2D eigenvalue weighted by atomic mass is 10.1. The summed E-state index contributed by atoms with van der Waals surface area (Å²) in [4.78, 5) is 27.7. The van der Waals surface area contributed by atoms with Crippen LogP contribution in [0.15, 0.2) is 9.21 Å². The molecule has 0 radical (unpaired) electrons. The fraction of sp³-hybridized carbons (Fsp3) is 0.417. The molecule has 0 aliphatic carbocycles.